The minimum absolute atomic E-state index is 0.428. The monoisotopic (exact) mass is 352 g/mol. The standard InChI is InChI=1S/C18H29BrN2/c1-3-13-21(17-11-9-16(20)10-12-17)18(4-2)14-5-7-15(19)8-6-14/h5-8,16-18H,3-4,9-13,20H2,1-2H3. The van der Waals surface area contributed by atoms with E-state index < -0.39 is 0 Å². The van der Waals surface area contributed by atoms with Crippen molar-refractivity contribution in [2.75, 3.05) is 6.54 Å². The van der Waals surface area contributed by atoms with Crippen molar-refractivity contribution in [2.45, 2.75) is 70.5 Å². The lowest BCUT2D eigenvalue weighted by Gasteiger charge is -2.41. The van der Waals surface area contributed by atoms with Gasteiger partial charge in [-0.05, 0) is 62.8 Å². The second-order valence-electron chi connectivity index (χ2n) is 6.28. The molecule has 1 aromatic rings. The van der Waals surface area contributed by atoms with Crippen LogP contribution in [0.2, 0.25) is 0 Å². The minimum atomic E-state index is 0.428. The Balaban J connectivity index is 2.15. The van der Waals surface area contributed by atoms with Crippen molar-refractivity contribution in [1.29, 1.82) is 0 Å². The van der Waals surface area contributed by atoms with Gasteiger partial charge in [0.15, 0.2) is 0 Å². The summed E-state index contributed by atoms with van der Waals surface area (Å²) in [5, 5.41) is 0. The largest absolute Gasteiger partial charge is 0.328 e. The van der Waals surface area contributed by atoms with E-state index in [-0.39, 0.29) is 0 Å². The molecule has 1 aromatic carbocycles. The lowest BCUT2D eigenvalue weighted by molar-refractivity contribution is 0.0962. The molecule has 21 heavy (non-hydrogen) atoms. The molecule has 1 atom stereocenters. The lowest BCUT2D eigenvalue weighted by Crippen LogP contribution is -2.43. The normalized spacial score (nSPS) is 24.2. The van der Waals surface area contributed by atoms with E-state index in [0.717, 1.165) is 4.47 Å². The number of hydrogen-bond donors (Lipinski definition) is 1. The first-order valence-corrected chi connectivity index (χ1v) is 9.21. The van der Waals surface area contributed by atoms with E-state index in [1.807, 2.05) is 0 Å². The Morgan fingerprint density at radius 2 is 1.76 bits per heavy atom. The van der Waals surface area contributed by atoms with Gasteiger partial charge in [-0.2, -0.15) is 0 Å². The van der Waals surface area contributed by atoms with E-state index in [0.29, 0.717) is 18.1 Å². The van der Waals surface area contributed by atoms with E-state index >= 15 is 0 Å². The Hall–Kier alpha value is -0.380. The molecule has 0 radical (unpaired) electrons. The fraction of sp³-hybridized carbons (Fsp3) is 0.667. The minimum Gasteiger partial charge on any atom is -0.328 e. The van der Waals surface area contributed by atoms with Crippen LogP contribution >= 0.6 is 15.9 Å². The smallest absolute Gasteiger partial charge is 0.0348 e. The summed E-state index contributed by atoms with van der Waals surface area (Å²) < 4.78 is 1.16. The maximum Gasteiger partial charge on any atom is 0.0348 e. The highest BCUT2D eigenvalue weighted by atomic mass is 79.9. The van der Waals surface area contributed by atoms with E-state index in [2.05, 4.69) is 58.9 Å². The molecule has 0 saturated heterocycles. The Labute approximate surface area is 138 Å². The van der Waals surface area contributed by atoms with Crippen LogP contribution in [0.15, 0.2) is 28.7 Å². The van der Waals surface area contributed by atoms with Crippen LogP contribution in [0.3, 0.4) is 0 Å². The summed E-state index contributed by atoms with van der Waals surface area (Å²) in [5.41, 5.74) is 7.53. The molecule has 0 spiro atoms. The van der Waals surface area contributed by atoms with Gasteiger partial charge in [-0.15, -0.1) is 0 Å². The van der Waals surface area contributed by atoms with Gasteiger partial charge in [0.2, 0.25) is 0 Å². The highest BCUT2D eigenvalue weighted by molar-refractivity contribution is 9.10. The summed E-state index contributed by atoms with van der Waals surface area (Å²) in [6.07, 6.45) is 7.27. The van der Waals surface area contributed by atoms with Gasteiger partial charge in [0, 0.05) is 22.6 Å². The van der Waals surface area contributed by atoms with Crippen molar-refractivity contribution in [2.24, 2.45) is 5.73 Å². The molecule has 118 valence electrons. The molecular weight excluding hydrogens is 324 g/mol. The van der Waals surface area contributed by atoms with Crippen LogP contribution in [-0.4, -0.2) is 23.5 Å². The summed E-state index contributed by atoms with van der Waals surface area (Å²) in [5.74, 6) is 0. The van der Waals surface area contributed by atoms with Crippen molar-refractivity contribution < 1.29 is 0 Å². The first-order valence-electron chi connectivity index (χ1n) is 8.42. The first-order chi connectivity index (χ1) is 10.2. The van der Waals surface area contributed by atoms with Crippen LogP contribution < -0.4 is 5.73 Å². The number of benzene rings is 1. The Morgan fingerprint density at radius 3 is 2.29 bits per heavy atom. The number of nitrogens with two attached hydrogens (primary N) is 1. The third-order valence-electron chi connectivity index (χ3n) is 4.73. The molecule has 1 fully saturated rings. The quantitative estimate of drug-likeness (QED) is 0.790. The van der Waals surface area contributed by atoms with E-state index in [9.17, 15) is 0 Å². The predicted molar refractivity (Wildman–Crippen MR) is 94.4 cm³/mol. The third kappa shape index (κ3) is 4.54. The average Bonchev–Trinajstić information content (AvgIpc) is 2.50. The Bertz CT molecular complexity index is 410. The fourth-order valence-electron chi connectivity index (χ4n) is 3.63. The molecule has 1 aliphatic rings. The molecule has 1 aliphatic carbocycles. The summed E-state index contributed by atoms with van der Waals surface area (Å²) in [7, 11) is 0. The highest BCUT2D eigenvalue weighted by Crippen LogP contribution is 2.32. The van der Waals surface area contributed by atoms with E-state index in [1.54, 1.807) is 0 Å². The maximum absolute atomic E-state index is 6.08. The van der Waals surface area contributed by atoms with Crippen LogP contribution in [0.4, 0.5) is 0 Å². The van der Waals surface area contributed by atoms with Crippen molar-refractivity contribution in [3.63, 3.8) is 0 Å². The topological polar surface area (TPSA) is 29.3 Å². The summed E-state index contributed by atoms with van der Waals surface area (Å²) in [6.45, 7) is 5.79. The average molecular weight is 353 g/mol. The molecular formula is C18H29BrN2. The first kappa shape index (κ1) is 17.0. The summed E-state index contributed by atoms with van der Waals surface area (Å²) >= 11 is 3.54. The van der Waals surface area contributed by atoms with Crippen molar-refractivity contribution in [1.82, 2.24) is 4.90 Å². The Kier molecular flexibility index (Phi) is 6.72. The molecule has 1 unspecified atom stereocenters. The van der Waals surface area contributed by atoms with Gasteiger partial charge < -0.3 is 5.73 Å². The van der Waals surface area contributed by atoms with Crippen molar-refractivity contribution in [3.05, 3.63) is 34.3 Å². The SMILES string of the molecule is CCCN(C1CCC(N)CC1)C(CC)c1ccc(Br)cc1. The van der Waals surface area contributed by atoms with Gasteiger partial charge in [-0.25, -0.2) is 0 Å². The molecule has 3 heteroatoms. The van der Waals surface area contributed by atoms with Gasteiger partial charge in [-0.3, -0.25) is 4.90 Å². The third-order valence-corrected chi connectivity index (χ3v) is 5.26. The van der Waals surface area contributed by atoms with Crippen molar-refractivity contribution >= 4 is 15.9 Å². The fourth-order valence-corrected chi connectivity index (χ4v) is 3.90. The molecule has 0 aliphatic heterocycles. The lowest BCUT2D eigenvalue weighted by atomic mass is 9.88. The zero-order valence-corrected chi connectivity index (χ0v) is 15.0. The number of hydrogen-bond acceptors (Lipinski definition) is 2. The Morgan fingerprint density at radius 1 is 1.14 bits per heavy atom. The molecule has 2 N–H and O–H groups in total. The zero-order valence-electron chi connectivity index (χ0n) is 13.4. The van der Waals surface area contributed by atoms with Crippen LogP contribution in [0.1, 0.15) is 64.0 Å². The second kappa shape index (κ2) is 8.30. The number of nitrogens with zero attached hydrogens (tertiary/aromatic N) is 1. The summed E-state index contributed by atoms with van der Waals surface area (Å²) in [4.78, 5) is 2.75. The highest BCUT2D eigenvalue weighted by Gasteiger charge is 2.28. The van der Waals surface area contributed by atoms with Gasteiger partial charge in [-0.1, -0.05) is 41.9 Å². The maximum atomic E-state index is 6.08. The zero-order chi connectivity index (χ0) is 15.2. The molecule has 0 heterocycles. The van der Waals surface area contributed by atoms with E-state index in [4.69, 9.17) is 5.73 Å². The molecule has 1 saturated carbocycles. The van der Waals surface area contributed by atoms with Gasteiger partial charge in [0.1, 0.15) is 0 Å². The van der Waals surface area contributed by atoms with Gasteiger partial charge in [0.25, 0.3) is 0 Å². The van der Waals surface area contributed by atoms with E-state index in [1.165, 1.54) is 50.6 Å². The molecule has 2 rings (SSSR count). The molecule has 2 nitrogen and oxygen atoms in total. The molecule has 0 bridgehead atoms. The van der Waals surface area contributed by atoms with Crippen molar-refractivity contribution in [3.8, 4) is 0 Å². The predicted octanol–water partition coefficient (Wildman–Crippen LogP) is 4.88. The van der Waals surface area contributed by atoms with Crippen LogP contribution in [-0.2, 0) is 0 Å². The molecule has 0 amide bonds. The number of halogens is 1. The van der Waals surface area contributed by atoms with Crippen LogP contribution in [0.25, 0.3) is 0 Å². The molecule has 0 aromatic heterocycles. The van der Waals surface area contributed by atoms with Gasteiger partial charge in [0.05, 0.1) is 0 Å². The number of rotatable bonds is 6. The second-order valence-corrected chi connectivity index (χ2v) is 7.20. The van der Waals surface area contributed by atoms with Crippen LogP contribution in [0.5, 0.6) is 0 Å². The van der Waals surface area contributed by atoms with Crippen LogP contribution in [0, 0.1) is 0 Å². The van der Waals surface area contributed by atoms with Gasteiger partial charge >= 0.3 is 0 Å². The summed E-state index contributed by atoms with van der Waals surface area (Å²) in [6, 6.07) is 10.6.